The fraction of sp³-hybridized carbons (Fsp3) is 0.0435. The van der Waals surface area contributed by atoms with Crippen LogP contribution in [0.2, 0.25) is 10.0 Å². The summed E-state index contributed by atoms with van der Waals surface area (Å²) >= 11 is 12.2. The van der Waals surface area contributed by atoms with Crippen LogP contribution in [0.5, 0.6) is 5.75 Å². The summed E-state index contributed by atoms with van der Waals surface area (Å²) in [6, 6.07) is 24.5. The van der Waals surface area contributed by atoms with E-state index >= 15 is 0 Å². The molecule has 0 fully saturated rings. The molecule has 0 aliphatic carbocycles. The number of benzene rings is 3. The number of halogens is 2. The Morgan fingerprint density at radius 2 is 1.37 bits per heavy atom. The highest BCUT2D eigenvalue weighted by molar-refractivity contribution is 6.32. The molecule has 7 heteroatoms. The number of hydrogen-bond acceptors (Lipinski definition) is 5. The van der Waals surface area contributed by atoms with Crippen LogP contribution in [0.15, 0.2) is 78.9 Å². The predicted molar refractivity (Wildman–Crippen MR) is 123 cm³/mol. The molecule has 30 heavy (non-hydrogen) atoms. The molecule has 0 radical (unpaired) electrons. The van der Waals surface area contributed by atoms with E-state index in [1.807, 2.05) is 66.7 Å². The normalized spacial score (nSPS) is 10.5. The van der Waals surface area contributed by atoms with Crippen LogP contribution in [0, 0.1) is 0 Å². The minimum absolute atomic E-state index is 0.513. The smallest absolute Gasteiger partial charge is 0.163 e. The second kappa shape index (κ2) is 9.03. The van der Waals surface area contributed by atoms with Gasteiger partial charge in [0.25, 0.3) is 0 Å². The average molecular weight is 437 g/mol. The molecular weight excluding hydrogens is 419 g/mol. The molecule has 0 amide bonds. The van der Waals surface area contributed by atoms with E-state index in [0.29, 0.717) is 33.3 Å². The van der Waals surface area contributed by atoms with Gasteiger partial charge < -0.3 is 15.4 Å². The Morgan fingerprint density at radius 3 is 2.00 bits per heavy atom. The van der Waals surface area contributed by atoms with Crippen molar-refractivity contribution in [3.8, 4) is 17.1 Å². The molecule has 0 saturated heterocycles. The van der Waals surface area contributed by atoms with Gasteiger partial charge in [-0.2, -0.15) is 0 Å². The summed E-state index contributed by atoms with van der Waals surface area (Å²) in [6.07, 6.45) is 0. The Balaban J connectivity index is 1.69. The molecule has 0 unspecified atom stereocenters. The number of ether oxygens (including phenoxy) is 1. The Hall–Kier alpha value is -3.28. The summed E-state index contributed by atoms with van der Waals surface area (Å²) in [6.45, 7) is 0. The van der Waals surface area contributed by atoms with Crippen molar-refractivity contribution in [2.75, 3.05) is 17.7 Å². The van der Waals surface area contributed by atoms with Crippen molar-refractivity contribution in [3.63, 3.8) is 0 Å². The van der Waals surface area contributed by atoms with Gasteiger partial charge in [0.2, 0.25) is 0 Å². The van der Waals surface area contributed by atoms with E-state index in [4.69, 9.17) is 27.9 Å². The Labute approximate surface area is 184 Å². The highest BCUT2D eigenvalue weighted by Gasteiger charge is 2.09. The van der Waals surface area contributed by atoms with Crippen LogP contribution in [0.4, 0.5) is 23.0 Å². The van der Waals surface area contributed by atoms with Gasteiger partial charge in [-0.05, 0) is 42.5 Å². The first-order valence-electron chi connectivity index (χ1n) is 9.18. The summed E-state index contributed by atoms with van der Waals surface area (Å²) in [5.41, 5.74) is 2.57. The average Bonchev–Trinajstić information content (AvgIpc) is 2.76. The maximum atomic E-state index is 6.25. The second-order valence-electron chi connectivity index (χ2n) is 6.43. The van der Waals surface area contributed by atoms with Gasteiger partial charge >= 0.3 is 0 Å². The van der Waals surface area contributed by atoms with E-state index in [0.717, 1.165) is 16.9 Å². The zero-order chi connectivity index (χ0) is 20.9. The SMILES string of the molecule is COc1ccc(Nc2cc(Nc3ccc(Cl)cc3)nc(-c3ccccc3)n2)cc1Cl. The molecule has 4 aromatic rings. The van der Waals surface area contributed by atoms with E-state index in [1.54, 1.807) is 19.2 Å². The van der Waals surface area contributed by atoms with E-state index < -0.39 is 0 Å². The summed E-state index contributed by atoms with van der Waals surface area (Å²) in [5, 5.41) is 7.78. The minimum atomic E-state index is 0.513. The van der Waals surface area contributed by atoms with Gasteiger partial charge in [0.15, 0.2) is 5.82 Å². The number of hydrogen-bond donors (Lipinski definition) is 2. The number of nitrogens with one attached hydrogen (secondary N) is 2. The summed E-state index contributed by atoms with van der Waals surface area (Å²) < 4.78 is 5.22. The van der Waals surface area contributed by atoms with Crippen molar-refractivity contribution in [2.45, 2.75) is 0 Å². The van der Waals surface area contributed by atoms with Gasteiger partial charge in [-0.25, -0.2) is 9.97 Å². The molecule has 0 aliphatic heterocycles. The van der Waals surface area contributed by atoms with Crippen LogP contribution in [0.1, 0.15) is 0 Å². The molecule has 2 N–H and O–H groups in total. The second-order valence-corrected chi connectivity index (χ2v) is 7.28. The topological polar surface area (TPSA) is 59.1 Å². The van der Waals surface area contributed by atoms with Crippen LogP contribution >= 0.6 is 23.2 Å². The third kappa shape index (κ3) is 4.82. The number of aromatic nitrogens is 2. The van der Waals surface area contributed by atoms with Crippen molar-refractivity contribution in [3.05, 3.63) is 88.9 Å². The van der Waals surface area contributed by atoms with Crippen LogP contribution in [-0.4, -0.2) is 17.1 Å². The van der Waals surface area contributed by atoms with E-state index in [9.17, 15) is 0 Å². The first-order chi connectivity index (χ1) is 14.6. The van der Waals surface area contributed by atoms with Crippen molar-refractivity contribution in [1.29, 1.82) is 0 Å². The lowest BCUT2D eigenvalue weighted by Gasteiger charge is -2.13. The third-order valence-corrected chi connectivity index (χ3v) is 4.85. The van der Waals surface area contributed by atoms with Crippen molar-refractivity contribution in [2.24, 2.45) is 0 Å². The lowest BCUT2D eigenvalue weighted by molar-refractivity contribution is 0.415. The molecule has 1 heterocycles. The van der Waals surface area contributed by atoms with Crippen molar-refractivity contribution in [1.82, 2.24) is 9.97 Å². The summed E-state index contributed by atoms with van der Waals surface area (Å²) in [5.74, 6) is 2.48. The Bertz CT molecular complexity index is 1150. The molecule has 4 rings (SSSR count). The fourth-order valence-corrected chi connectivity index (χ4v) is 3.25. The third-order valence-electron chi connectivity index (χ3n) is 4.30. The molecule has 0 bridgehead atoms. The predicted octanol–water partition coefficient (Wildman–Crippen LogP) is 6.95. The van der Waals surface area contributed by atoms with Crippen molar-refractivity contribution < 1.29 is 4.74 Å². The number of methoxy groups -OCH3 is 1. The molecule has 150 valence electrons. The van der Waals surface area contributed by atoms with Gasteiger partial charge in [0, 0.05) is 28.0 Å². The van der Waals surface area contributed by atoms with Gasteiger partial charge in [-0.1, -0.05) is 53.5 Å². The quantitative estimate of drug-likeness (QED) is 0.342. The Morgan fingerprint density at radius 1 is 0.733 bits per heavy atom. The largest absolute Gasteiger partial charge is 0.495 e. The molecule has 1 aromatic heterocycles. The number of anilines is 4. The molecule has 0 spiro atoms. The first kappa shape index (κ1) is 20.0. The molecule has 0 saturated carbocycles. The summed E-state index contributed by atoms with van der Waals surface area (Å²) in [4.78, 5) is 9.34. The molecule has 3 aromatic carbocycles. The van der Waals surface area contributed by atoms with Crippen molar-refractivity contribution >= 4 is 46.2 Å². The van der Waals surface area contributed by atoms with E-state index in [-0.39, 0.29) is 0 Å². The maximum absolute atomic E-state index is 6.25. The van der Waals surface area contributed by atoms with Gasteiger partial charge in [-0.3, -0.25) is 0 Å². The van der Waals surface area contributed by atoms with Crippen LogP contribution < -0.4 is 15.4 Å². The fourth-order valence-electron chi connectivity index (χ4n) is 2.86. The molecular formula is C23H18Cl2N4O. The van der Waals surface area contributed by atoms with Gasteiger partial charge in [0.05, 0.1) is 12.1 Å². The Kier molecular flexibility index (Phi) is 6.02. The minimum Gasteiger partial charge on any atom is -0.495 e. The van der Waals surface area contributed by atoms with Crippen LogP contribution in [0.25, 0.3) is 11.4 Å². The molecule has 5 nitrogen and oxygen atoms in total. The number of nitrogens with zero attached hydrogens (tertiary/aromatic N) is 2. The highest BCUT2D eigenvalue weighted by atomic mass is 35.5. The zero-order valence-electron chi connectivity index (χ0n) is 16.1. The molecule has 0 aliphatic rings. The summed E-state index contributed by atoms with van der Waals surface area (Å²) in [7, 11) is 1.58. The van der Waals surface area contributed by atoms with E-state index in [2.05, 4.69) is 20.6 Å². The monoisotopic (exact) mass is 436 g/mol. The van der Waals surface area contributed by atoms with Gasteiger partial charge in [0.1, 0.15) is 17.4 Å². The standard InChI is InChI=1S/C23H18Cl2N4O/c1-30-20-12-11-18(13-19(20)25)27-22-14-21(26-17-9-7-16(24)8-10-17)28-23(29-22)15-5-3-2-4-6-15/h2-14H,1H3,(H2,26,27,28,29). The van der Waals surface area contributed by atoms with Crippen LogP contribution in [0.3, 0.4) is 0 Å². The van der Waals surface area contributed by atoms with Gasteiger partial charge in [-0.15, -0.1) is 0 Å². The van der Waals surface area contributed by atoms with Crippen LogP contribution in [-0.2, 0) is 0 Å². The molecule has 0 atom stereocenters. The maximum Gasteiger partial charge on any atom is 0.163 e. The number of rotatable bonds is 6. The zero-order valence-corrected chi connectivity index (χ0v) is 17.6. The lowest BCUT2D eigenvalue weighted by atomic mass is 10.2. The van der Waals surface area contributed by atoms with E-state index in [1.165, 1.54) is 0 Å². The highest BCUT2D eigenvalue weighted by Crippen LogP contribution is 2.30. The first-order valence-corrected chi connectivity index (χ1v) is 9.94. The lowest BCUT2D eigenvalue weighted by Crippen LogP contribution is -2.02.